The van der Waals surface area contributed by atoms with E-state index >= 15 is 0 Å². The molecule has 0 saturated carbocycles. The Morgan fingerprint density at radius 1 is 0.950 bits per heavy atom. The number of nitrogens with one attached hydrogen (secondary N) is 1. The molecule has 0 rings (SSSR count). The lowest BCUT2D eigenvalue weighted by Crippen LogP contribution is -2.54. The molecule has 116 valence electrons. The summed E-state index contributed by atoms with van der Waals surface area (Å²) < 4.78 is 14.3. The second-order valence-electron chi connectivity index (χ2n) is 4.57. The van der Waals surface area contributed by atoms with Crippen LogP contribution in [0.4, 0.5) is 9.59 Å². The average molecular weight is 290 g/mol. The van der Waals surface area contributed by atoms with Gasteiger partial charge in [0.15, 0.2) is 6.04 Å². The summed E-state index contributed by atoms with van der Waals surface area (Å²) in [6.07, 6.45) is -2.51. The SMILES string of the molecule is COC(=O)C(C)N(NC(=O)OC(C)C)C(=O)OC(C)C. The van der Waals surface area contributed by atoms with Crippen molar-refractivity contribution in [3.63, 3.8) is 0 Å². The first-order valence-corrected chi connectivity index (χ1v) is 6.24. The van der Waals surface area contributed by atoms with E-state index in [4.69, 9.17) is 9.47 Å². The van der Waals surface area contributed by atoms with E-state index in [1.807, 2.05) is 0 Å². The van der Waals surface area contributed by atoms with Gasteiger partial charge in [-0.2, -0.15) is 0 Å². The highest BCUT2D eigenvalue weighted by Crippen LogP contribution is 2.04. The fraction of sp³-hybridized carbons (Fsp3) is 0.750. The molecule has 0 bridgehead atoms. The van der Waals surface area contributed by atoms with E-state index in [9.17, 15) is 14.4 Å². The number of amides is 2. The van der Waals surface area contributed by atoms with E-state index in [-0.39, 0.29) is 6.10 Å². The van der Waals surface area contributed by atoms with Crippen LogP contribution in [0.1, 0.15) is 34.6 Å². The average Bonchev–Trinajstić information content (AvgIpc) is 2.32. The molecule has 0 spiro atoms. The third-order valence-electron chi connectivity index (χ3n) is 2.02. The fourth-order valence-electron chi connectivity index (χ4n) is 1.17. The third kappa shape index (κ3) is 6.26. The Bertz CT molecular complexity index is 356. The molecular formula is C12H22N2O6. The second-order valence-corrected chi connectivity index (χ2v) is 4.57. The quantitative estimate of drug-likeness (QED) is 0.478. The highest BCUT2D eigenvalue weighted by Gasteiger charge is 2.30. The van der Waals surface area contributed by atoms with Crippen LogP contribution < -0.4 is 5.43 Å². The lowest BCUT2D eigenvalue weighted by atomic mass is 10.3. The van der Waals surface area contributed by atoms with E-state index in [0.29, 0.717) is 0 Å². The van der Waals surface area contributed by atoms with Crippen molar-refractivity contribution in [1.82, 2.24) is 10.4 Å². The van der Waals surface area contributed by atoms with Gasteiger partial charge in [-0.3, -0.25) is 0 Å². The van der Waals surface area contributed by atoms with Crippen LogP contribution >= 0.6 is 0 Å². The number of carbonyl (C=O) groups is 3. The van der Waals surface area contributed by atoms with Gasteiger partial charge in [-0.1, -0.05) is 0 Å². The minimum Gasteiger partial charge on any atom is -0.467 e. The van der Waals surface area contributed by atoms with E-state index < -0.39 is 30.3 Å². The Kier molecular flexibility index (Phi) is 7.42. The van der Waals surface area contributed by atoms with Crippen LogP contribution in [0.2, 0.25) is 0 Å². The number of rotatable bonds is 4. The molecule has 0 aromatic heterocycles. The molecule has 1 atom stereocenters. The van der Waals surface area contributed by atoms with E-state index in [1.54, 1.807) is 27.7 Å². The Morgan fingerprint density at radius 3 is 1.85 bits per heavy atom. The Hall–Kier alpha value is -1.99. The summed E-state index contributed by atoms with van der Waals surface area (Å²) in [6.45, 7) is 7.99. The van der Waals surface area contributed by atoms with Crippen molar-refractivity contribution >= 4 is 18.2 Å². The van der Waals surface area contributed by atoms with Crippen LogP contribution in [0.3, 0.4) is 0 Å². The van der Waals surface area contributed by atoms with Gasteiger partial charge in [-0.05, 0) is 34.6 Å². The van der Waals surface area contributed by atoms with Crippen LogP contribution in [0.15, 0.2) is 0 Å². The monoisotopic (exact) mass is 290 g/mol. The lowest BCUT2D eigenvalue weighted by Gasteiger charge is -2.27. The van der Waals surface area contributed by atoms with Gasteiger partial charge in [-0.25, -0.2) is 24.8 Å². The summed E-state index contributed by atoms with van der Waals surface area (Å²) in [5.41, 5.74) is 2.17. The van der Waals surface area contributed by atoms with Crippen molar-refractivity contribution in [2.45, 2.75) is 52.9 Å². The molecule has 0 fully saturated rings. The van der Waals surface area contributed by atoms with Gasteiger partial charge >= 0.3 is 18.2 Å². The molecule has 0 aliphatic heterocycles. The van der Waals surface area contributed by atoms with E-state index in [2.05, 4.69) is 10.2 Å². The van der Waals surface area contributed by atoms with Gasteiger partial charge in [0.25, 0.3) is 0 Å². The molecule has 1 N–H and O–H groups in total. The van der Waals surface area contributed by atoms with Crippen molar-refractivity contribution < 1.29 is 28.6 Å². The van der Waals surface area contributed by atoms with Crippen LogP contribution in [0, 0.1) is 0 Å². The van der Waals surface area contributed by atoms with Crippen LogP contribution in [-0.4, -0.2) is 48.5 Å². The second kappa shape index (κ2) is 8.23. The smallest absolute Gasteiger partial charge is 0.429 e. The van der Waals surface area contributed by atoms with E-state index in [1.165, 1.54) is 14.0 Å². The number of nitrogens with zero attached hydrogens (tertiary/aromatic N) is 1. The minimum atomic E-state index is -1.05. The number of ether oxygens (including phenoxy) is 3. The first-order valence-electron chi connectivity index (χ1n) is 6.24. The number of esters is 1. The van der Waals surface area contributed by atoms with Crippen LogP contribution in [-0.2, 0) is 19.0 Å². The number of hydrogen-bond acceptors (Lipinski definition) is 6. The summed E-state index contributed by atoms with van der Waals surface area (Å²) >= 11 is 0. The van der Waals surface area contributed by atoms with Gasteiger partial charge in [-0.15, -0.1) is 0 Å². The van der Waals surface area contributed by atoms with Crippen molar-refractivity contribution in [2.24, 2.45) is 0 Å². The maximum Gasteiger partial charge on any atom is 0.429 e. The van der Waals surface area contributed by atoms with Gasteiger partial charge in [0.05, 0.1) is 19.3 Å². The summed E-state index contributed by atoms with van der Waals surface area (Å²) in [5.74, 6) is -0.699. The number of methoxy groups -OCH3 is 1. The van der Waals surface area contributed by atoms with Gasteiger partial charge in [0.2, 0.25) is 0 Å². The minimum absolute atomic E-state index is 0.369. The lowest BCUT2D eigenvalue weighted by molar-refractivity contribution is -0.146. The molecule has 0 radical (unpaired) electrons. The molecule has 2 amide bonds. The zero-order chi connectivity index (χ0) is 15.9. The molecule has 20 heavy (non-hydrogen) atoms. The number of hydrogen-bond donors (Lipinski definition) is 1. The Balaban J connectivity index is 4.91. The topological polar surface area (TPSA) is 94.2 Å². The fourth-order valence-corrected chi connectivity index (χ4v) is 1.17. The summed E-state index contributed by atoms with van der Waals surface area (Å²) in [7, 11) is 1.18. The number of carbonyl (C=O) groups excluding carboxylic acids is 3. The summed E-state index contributed by atoms with van der Waals surface area (Å²) in [6, 6.07) is -1.05. The molecule has 8 nitrogen and oxygen atoms in total. The summed E-state index contributed by atoms with van der Waals surface area (Å²) in [5, 5.41) is 0.733. The highest BCUT2D eigenvalue weighted by atomic mass is 16.6. The Morgan fingerprint density at radius 2 is 1.45 bits per heavy atom. The highest BCUT2D eigenvalue weighted by molar-refractivity contribution is 5.82. The predicted molar refractivity (Wildman–Crippen MR) is 69.7 cm³/mol. The first kappa shape index (κ1) is 18.0. The maximum absolute atomic E-state index is 11.9. The van der Waals surface area contributed by atoms with Gasteiger partial charge in [0, 0.05) is 0 Å². The maximum atomic E-state index is 11.9. The standard InChI is InChI=1S/C12H22N2O6/c1-7(2)19-11(16)13-14(9(5)10(15)18-6)12(17)20-8(3)4/h7-9H,1-6H3,(H,13,16). The zero-order valence-corrected chi connectivity index (χ0v) is 12.6. The normalized spacial score (nSPS) is 11.8. The summed E-state index contributed by atoms with van der Waals surface area (Å²) in [4.78, 5) is 34.9. The van der Waals surface area contributed by atoms with Crippen molar-refractivity contribution in [3.8, 4) is 0 Å². The van der Waals surface area contributed by atoms with Gasteiger partial charge < -0.3 is 14.2 Å². The van der Waals surface area contributed by atoms with Crippen LogP contribution in [0.25, 0.3) is 0 Å². The molecule has 0 aliphatic rings. The zero-order valence-electron chi connectivity index (χ0n) is 12.6. The number of hydrazine groups is 1. The molecule has 0 saturated heterocycles. The van der Waals surface area contributed by atoms with Crippen molar-refractivity contribution in [2.75, 3.05) is 7.11 Å². The molecule has 8 heteroatoms. The predicted octanol–water partition coefficient (Wildman–Crippen LogP) is 1.44. The molecule has 1 unspecified atom stereocenters. The van der Waals surface area contributed by atoms with Crippen molar-refractivity contribution in [3.05, 3.63) is 0 Å². The Labute approximate surface area is 118 Å². The van der Waals surface area contributed by atoms with Gasteiger partial charge in [0.1, 0.15) is 0 Å². The molecule has 0 aliphatic carbocycles. The molecule has 0 heterocycles. The first-order chi connectivity index (χ1) is 9.18. The largest absolute Gasteiger partial charge is 0.467 e. The van der Waals surface area contributed by atoms with Crippen molar-refractivity contribution in [1.29, 1.82) is 0 Å². The van der Waals surface area contributed by atoms with Crippen LogP contribution in [0.5, 0.6) is 0 Å². The third-order valence-corrected chi connectivity index (χ3v) is 2.02. The van der Waals surface area contributed by atoms with E-state index in [0.717, 1.165) is 5.01 Å². The molecule has 0 aromatic carbocycles. The molecular weight excluding hydrogens is 268 g/mol. The molecule has 0 aromatic rings.